The van der Waals surface area contributed by atoms with Gasteiger partial charge in [0.1, 0.15) is 5.82 Å². The summed E-state index contributed by atoms with van der Waals surface area (Å²) in [5.41, 5.74) is -0.435. The Kier molecular flexibility index (Phi) is 4.81. The third-order valence-corrected chi connectivity index (χ3v) is 4.43. The van der Waals surface area contributed by atoms with Crippen molar-refractivity contribution in [3.63, 3.8) is 0 Å². The van der Waals surface area contributed by atoms with E-state index < -0.39 is 11.4 Å². The minimum absolute atomic E-state index is 0.241. The van der Waals surface area contributed by atoms with Crippen molar-refractivity contribution in [2.75, 3.05) is 6.54 Å². The summed E-state index contributed by atoms with van der Waals surface area (Å²) in [7, 11) is 0. The Morgan fingerprint density at radius 1 is 1.60 bits per heavy atom. The number of rotatable bonds is 3. The minimum Gasteiger partial charge on any atom is -0.388 e. The molecule has 0 spiro atoms. The topological polar surface area (TPSA) is 49.3 Å². The summed E-state index contributed by atoms with van der Waals surface area (Å²) in [6.45, 7) is 2.36. The van der Waals surface area contributed by atoms with Gasteiger partial charge in [-0.2, -0.15) is 0 Å². The lowest BCUT2D eigenvalue weighted by atomic mass is 9.79. The monoisotopic (exact) mass is 343 g/mol. The van der Waals surface area contributed by atoms with Gasteiger partial charge in [0.05, 0.1) is 10.1 Å². The lowest BCUT2D eigenvalue weighted by molar-refractivity contribution is -0.0109. The standard InChI is InChI=1S/C15H19BrFNO2/c1-10-3-2-6-15(20,8-10)9-18-14(19)11-4-5-13(17)12(16)7-11/h4-5,7,10,20H,2-3,6,8-9H2,1H3,(H,18,19). The zero-order valence-corrected chi connectivity index (χ0v) is 13.0. The molecule has 1 aliphatic carbocycles. The number of nitrogens with one attached hydrogen (secondary N) is 1. The quantitative estimate of drug-likeness (QED) is 0.884. The van der Waals surface area contributed by atoms with Crippen LogP contribution in [0.2, 0.25) is 0 Å². The van der Waals surface area contributed by atoms with E-state index in [0.29, 0.717) is 24.3 Å². The second-order valence-electron chi connectivity index (χ2n) is 5.74. The van der Waals surface area contributed by atoms with Crippen molar-refractivity contribution < 1.29 is 14.3 Å². The van der Waals surface area contributed by atoms with Gasteiger partial charge in [-0.25, -0.2) is 4.39 Å². The van der Waals surface area contributed by atoms with Crippen LogP contribution in [0.3, 0.4) is 0 Å². The Labute approximate surface area is 126 Å². The van der Waals surface area contributed by atoms with Gasteiger partial charge >= 0.3 is 0 Å². The van der Waals surface area contributed by atoms with Gasteiger partial charge in [0.15, 0.2) is 0 Å². The highest BCUT2D eigenvalue weighted by Crippen LogP contribution is 2.31. The van der Waals surface area contributed by atoms with Crippen LogP contribution in [-0.2, 0) is 0 Å². The number of benzene rings is 1. The third-order valence-electron chi connectivity index (χ3n) is 3.83. The number of aliphatic hydroxyl groups is 1. The van der Waals surface area contributed by atoms with Crippen LogP contribution in [0.15, 0.2) is 22.7 Å². The van der Waals surface area contributed by atoms with E-state index in [9.17, 15) is 14.3 Å². The van der Waals surface area contributed by atoms with Crippen LogP contribution in [0.1, 0.15) is 43.0 Å². The van der Waals surface area contributed by atoms with E-state index in [1.54, 1.807) is 0 Å². The second-order valence-corrected chi connectivity index (χ2v) is 6.59. The first kappa shape index (κ1) is 15.4. The van der Waals surface area contributed by atoms with Crippen molar-refractivity contribution in [1.29, 1.82) is 0 Å². The summed E-state index contributed by atoms with van der Waals surface area (Å²) in [5.74, 6) is -0.218. The zero-order chi connectivity index (χ0) is 14.8. The summed E-state index contributed by atoms with van der Waals surface area (Å²) >= 11 is 3.06. The molecule has 0 radical (unpaired) electrons. The largest absolute Gasteiger partial charge is 0.388 e. The van der Waals surface area contributed by atoms with Crippen molar-refractivity contribution >= 4 is 21.8 Å². The maximum Gasteiger partial charge on any atom is 0.251 e. The van der Waals surface area contributed by atoms with Crippen molar-refractivity contribution in [2.45, 2.75) is 38.2 Å². The smallest absolute Gasteiger partial charge is 0.251 e. The first-order valence-electron chi connectivity index (χ1n) is 6.85. The lowest BCUT2D eigenvalue weighted by Crippen LogP contribution is -2.45. The van der Waals surface area contributed by atoms with Crippen LogP contribution in [-0.4, -0.2) is 23.2 Å². The van der Waals surface area contributed by atoms with E-state index in [0.717, 1.165) is 12.8 Å². The van der Waals surface area contributed by atoms with Gasteiger partial charge in [0.25, 0.3) is 5.91 Å². The highest BCUT2D eigenvalue weighted by molar-refractivity contribution is 9.10. The molecule has 2 N–H and O–H groups in total. The molecular formula is C15H19BrFNO2. The fraction of sp³-hybridized carbons (Fsp3) is 0.533. The maximum absolute atomic E-state index is 13.1. The molecule has 2 rings (SSSR count). The molecule has 1 amide bonds. The van der Waals surface area contributed by atoms with Crippen molar-refractivity contribution in [2.24, 2.45) is 5.92 Å². The number of hydrogen-bond donors (Lipinski definition) is 2. The fourth-order valence-corrected chi connectivity index (χ4v) is 3.16. The average Bonchev–Trinajstić information content (AvgIpc) is 2.39. The average molecular weight is 344 g/mol. The Hall–Kier alpha value is -0.940. The van der Waals surface area contributed by atoms with E-state index in [2.05, 4.69) is 28.2 Å². The molecule has 1 fully saturated rings. The van der Waals surface area contributed by atoms with Crippen LogP contribution in [0, 0.1) is 11.7 Å². The lowest BCUT2D eigenvalue weighted by Gasteiger charge is -2.35. The number of halogens is 2. The number of hydrogen-bond acceptors (Lipinski definition) is 2. The Bertz CT molecular complexity index is 509. The van der Waals surface area contributed by atoms with Crippen LogP contribution < -0.4 is 5.32 Å². The summed E-state index contributed by atoms with van der Waals surface area (Å²) in [5, 5.41) is 13.2. The van der Waals surface area contributed by atoms with Gasteiger partial charge in [0.2, 0.25) is 0 Å². The number of carbonyl (C=O) groups excluding carboxylic acids is 1. The highest BCUT2D eigenvalue weighted by Gasteiger charge is 2.32. The summed E-state index contributed by atoms with van der Waals surface area (Å²) in [6.07, 6.45) is 3.53. The predicted molar refractivity (Wildman–Crippen MR) is 79.0 cm³/mol. The normalized spacial score (nSPS) is 26.3. The number of amides is 1. The molecule has 0 bridgehead atoms. The molecule has 20 heavy (non-hydrogen) atoms. The molecule has 5 heteroatoms. The molecule has 2 unspecified atom stereocenters. The first-order valence-corrected chi connectivity index (χ1v) is 7.64. The summed E-state index contributed by atoms with van der Waals surface area (Å²) in [4.78, 5) is 12.0. The Morgan fingerprint density at radius 3 is 3.00 bits per heavy atom. The number of carbonyl (C=O) groups is 1. The predicted octanol–water partition coefficient (Wildman–Crippen LogP) is 3.26. The molecule has 3 nitrogen and oxygen atoms in total. The molecule has 0 aromatic heterocycles. The van der Waals surface area contributed by atoms with Crippen molar-refractivity contribution in [3.8, 4) is 0 Å². The molecule has 110 valence electrons. The van der Waals surface area contributed by atoms with Gasteiger partial charge in [-0.1, -0.05) is 19.8 Å². The van der Waals surface area contributed by atoms with E-state index >= 15 is 0 Å². The Morgan fingerprint density at radius 2 is 2.35 bits per heavy atom. The molecule has 0 saturated heterocycles. The van der Waals surface area contributed by atoms with E-state index in [1.165, 1.54) is 18.2 Å². The summed E-state index contributed by atoms with van der Waals surface area (Å²) in [6, 6.07) is 4.12. The van der Waals surface area contributed by atoms with E-state index in [-0.39, 0.29) is 16.9 Å². The van der Waals surface area contributed by atoms with Crippen LogP contribution in [0.4, 0.5) is 4.39 Å². The van der Waals surface area contributed by atoms with Gasteiger partial charge in [-0.3, -0.25) is 4.79 Å². The molecule has 1 aliphatic rings. The second kappa shape index (κ2) is 6.22. The van der Waals surface area contributed by atoms with Crippen molar-refractivity contribution in [1.82, 2.24) is 5.32 Å². The maximum atomic E-state index is 13.1. The van der Waals surface area contributed by atoms with Gasteiger partial charge < -0.3 is 10.4 Å². The minimum atomic E-state index is -0.815. The fourth-order valence-electron chi connectivity index (χ4n) is 2.78. The van der Waals surface area contributed by atoms with Crippen LogP contribution >= 0.6 is 15.9 Å². The summed E-state index contributed by atoms with van der Waals surface area (Å²) < 4.78 is 13.4. The van der Waals surface area contributed by atoms with E-state index in [4.69, 9.17) is 0 Å². The molecule has 0 heterocycles. The van der Waals surface area contributed by atoms with E-state index in [1.807, 2.05) is 0 Å². The molecule has 1 aromatic carbocycles. The molecule has 2 atom stereocenters. The first-order chi connectivity index (χ1) is 9.39. The molecule has 0 aliphatic heterocycles. The SMILES string of the molecule is CC1CCCC(O)(CNC(=O)c2ccc(F)c(Br)c2)C1. The van der Waals surface area contributed by atoms with Gasteiger partial charge in [0, 0.05) is 12.1 Å². The van der Waals surface area contributed by atoms with Crippen LogP contribution in [0.5, 0.6) is 0 Å². The Balaban J connectivity index is 1.96. The molecule has 1 aromatic rings. The van der Waals surface area contributed by atoms with Crippen molar-refractivity contribution in [3.05, 3.63) is 34.1 Å². The van der Waals surface area contributed by atoms with Gasteiger partial charge in [-0.05, 0) is 52.9 Å². The zero-order valence-electron chi connectivity index (χ0n) is 11.5. The third kappa shape index (κ3) is 3.79. The van der Waals surface area contributed by atoms with Crippen LogP contribution in [0.25, 0.3) is 0 Å². The molecular weight excluding hydrogens is 325 g/mol. The molecule has 1 saturated carbocycles. The van der Waals surface area contributed by atoms with Gasteiger partial charge in [-0.15, -0.1) is 0 Å². The highest BCUT2D eigenvalue weighted by atomic mass is 79.9.